The Hall–Kier alpha value is -0.890. The largest absolute Gasteiger partial charge is 0.250 e. The lowest BCUT2D eigenvalue weighted by atomic mass is 10.2. The zero-order valence-electron chi connectivity index (χ0n) is 10.8. The average Bonchev–Trinajstić information content (AvgIpc) is 2.34. The van der Waals surface area contributed by atoms with Crippen LogP contribution in [-0.4, -0.2) is 4.21 Å². The Morgan fingerprint density at radius 3 is 2.47 bits per heavy atom. The Labute approximate surface area is 107 Å². The van der Waals surface area contributed by atoms with Crippen molar-refractivity contribution < 1.29 is 4.21 Å². The summed E-state index contributed by atoms with van der Waals surface area (Å²) in [6, 6.07) is 7.88. The predicted molar refractivity (Wildman–Crippen MR) is 75.5 cm³/mol. The fraction of sp³-hybridized carbons (Fsp3) is 0.467. The first-order valence-corrected chi connectivity index (χ1v) is 7.59. The summed E-state index contributed by atoms with van der Waals surface area (Å²) in [6.07, 6.45) is 8.13. The normalized spacial score (nSPS) is 13.1. The van der Waals surface area contributed by atoms with E-state index in [1.54, 1.807) is 0 Å². The third kappa shape index (κ3) is 5.83. The predicted octanol–water partition coefficient (Wildman–Crippen LogP) is 4.59. The van der Waals surface area contributed by atoms with Crippen LogP contribution in [0.25, 0.3) is 0 Å². The van der Waals surface area contributed by atoms with Crippen molar-refractivity contribution in [3.63, 3.8) is 0 Å². The molecule has 0 fully saturated rings. The first-order valence-electron chi connectivity index (χ1n) is 6.38. The van der Waals surface area contributed by atoms with Crippen LogP contribution in [0.2, 0.25) is 0 Å². The monoisotopic (exact) mass is 250 g/mol. The van der Waals surface area contributed by atoms with Gasteiger partial charge >= 0.3 is 0 Å². The summed E-state index contributed by atoms with van der Waals surface area (Å²) >= 11 is 0. The second-order valence-corrected chi connectivity index (χ2v) is 5.67. The molecular weight excluding hydrogens is 228 g/mol. The Bertz CT molecular complexity index is 365. The molecule has 0 aliphatic heterocycles. The average molecular weight is 250 g/mol. The molecule has 1 unspecified atom stereocenters. The number of allylic oxidation sites excluding steroid dienone is 1. The molecule has 1 rings (SSSR count). The van der Waals surface area contributed by atoms with Gasteiger partial charge in [-0.05, 0) is 31.9 Å². The van der Waals surface area contributed by atoms with Crippen LogP contribution in [0, 0.1) is 6.92 Å². The SMILES string of the molecule is CCCCCC/C=C\S(=O)c1ccc(C)cc1. The van der Waals surface area contributed by atoms with Crippen LogP contribution in [0.3, 0.4) is 0 Å². The molecule has 0 N–H and O–H groups in total. The first-order chi connectivity index (χ1) is 8.24. The minimum absolute atomic E-state index is 0.889. The molecule has 1 aromatic carbocycles. The quantitative estimate of drug-likeness (QED) is 0.647. The van der Waals surface area contributed by atoms with Crippen LogP contribution in [0.4, 0.5) is 0 Å². The van der Waals surface area contributed by atoms with Crippen molar-refractivity contribution in [2.24, 2.45) is 0 Å². The molecule has 0 radical (unpaired) electrons. The van der Waals surface area contributed by atoms with Gasteiger partial charge in [-0.1, -0.05) is 50.0 Å². The van der Waals surface area contributed by atoms with E-state index in [1.165, 1.54) is 31.2 Å². The highest BCUT2D eigenvalue weighted by Crippen LogP contribution is 2.10. The molecular formula is C15H22OS. The maximum atomic E-state index is 11.9. The van der Waals surface area contributed by atoms with Gasteiger partial charge in [0.15, 0.2) is 0 Å². The van der Waals surface area contributed by atoms with Crippen LogP contribution in [0.15, 0.2) is 40.6 Å². The first kappa shape index (κ1) is 14.2. The minimum Gasteiger partial charge on any atom is -0.250 e. The third-order valence-electron chi connectivity index (χ3n) is 2.70. The Morgan fingerprint density at radius 1 is 1.12 bits per heavy atom. The number of benzene rings is 1. The summed E-state index contributed by atoms with van der Waals surface area (Å²) in [5.74, 6) is 0. The Kier molecular flexibility index (Phi) is 6.87. The van der Waals surface area contributed by atoms with E-state index in [1.807, 2.05) is 42.7 Å². The summed E-state index contributed by atoms with van der Waals surface area (Å²) < 4.78 is 11.9. The fourth-order valence-corrected chi connectivity index (χ4v) is 2.47. The molecule has 0 spiro atoms. The summed E-state index contributed by atoms with van der Waals surface area (Å²) in [5.41, 5.74) is 1.20. The van der Waals surface area contributed by atoms with Crippen LogP contribution < -0.4 is 0 Å². The third-order valence-corrected chi connectivity index (χ3v) is 3.87. The van der Waals surface area contributed by atoms with E-state index in [2.05, 4.69) is 6.92 Å². The van der Waals surface area contributed by atoms with Crippen molar-refractivity contribution >= 4 is 10.8 Å². The summed E-state index contributed by atoms with van der Waals surface area (Å²) in [5, 5.41) is 1.82. The van der Waals surface area contributed by atoms with Crippen molar-refractivity contribution in [2.45, 2.75) is 50.8 Å². The van der Waals surface area contributed by atoms with Gasteiger partial charge in [0.05, 0.1) is 10.8 Å². The van der Waals surface area contributed by atoms with Crippen LogP contribution in [-0.2, 0) is 10.8 Å². The van der Waals surface area contributed by atoms with Crippen LogP contribution in [0.1, 0.15) is 44.6 Å². The van der Waals surface area contributed by atoms with Crippen molar-refractivity contribution in [3.05, 3.63) is 41.3 Å². The molecule has 0 bridgehead atoms. The standard InChI is InChI=1S/C15H22OS/c1-3-4-5-6-7-8-13-17(16)15-11-9-14(2)10-12-15/h8-13H,3-7H2,1-2H3/b13-8-. The summed E-state index contributed by atoms with van der Waals surface area (Å²) in [4.78, 5) is 0.889. The molecule has 0 aliphatic rings. The zero-order chi connectivity index (χ0) is 12.5. The van der Waals surface area contributed by atoms with Crippen LogP contribution in [0.5, 0.6) is 0 Å². The van der Waals surface area contributed by atoms with Gasteiger partial charge in [0, 0.05) is 10.3 Å². The smallest absolute Gasteiger partial charge is 0.0772 e. The molecule has 0 heterocycles. The van der Waals surface area contributed by atoms with Crippen molar-refractivity contribution in [3.8, 4) is 0 Å². The second-order valence-electron chi connectivity index (χ2n) is 4.33. The van der Waals surface area contributed by atoms with E-state index >= 15 is 0 Å². The van der Waals surface area contributed by atoms with E-state index in [4.69, 9.17) is 0 Å². The lowest BCUT2D eigenvalue weighted by Gasteiger charge is -1.98. The number of hydrogen-bond acceptors (Lipinski definition) is 1. The van der Waals surface area contributed by atoms with Gasteiger partial charge in [0.1, 0.15) is 0 Å². The molecule has 0 aliphatic carbocycles. The molecule has 0 aromatic heterocycles. The van der Waals surface area contributed by atoms with E-state index in [-0.39, 0.29) is 0 Å². The molecule has 0 saturated carbocycles. The van der Waals surface area contributed by atoms with Gasteiger partial charge in [0.25, 0.3) is 0 Å². The van der Waals surface area contributed by atoms with Gasteiger partial charge in [-0.3, -0.25) is 0 Å². The number of aryl methyl sites for hydroxylation is 1. The minimum atomic E-state index is -0.979. The molecule has 1 nitrogen and oxygen atoms in total. The van der Waals surface area contributed by atoms with Gasteiger partial charge in [-0.15, -0.1) is 0 Å². The molecule has 1 aromatic rings. The second kappa shape index (κ2) is 8.24. The lowest BCUT2D eigenvalue weighted by Crippen LogP contribution is -1.86. The highest BCUT2D eigenvalue weighted by molar-refractivity contribution is 7.88. The van der Waals surface area contributed by atoms with E-state index in [9.17, 15) is 4.21 Å². The van der Waals surface area contributed by atoms with Gasteiger partial charge in [0.2, 0.25) is 0 Å². The van der Waals surface area contributed by atoms with Gasteiger partial charge in [-0.25, -0.2) is 4.21 Å². The summed E-state index contributed by atoms with van der Waals surface area (Å²) in [6.45, 7) is 4.25. The molecule has 17 heavy (non-hydrogen) atoms. The number of hydrogen-bond donors (Lipinski definition) is 0. The van der Waals surface area contributed by atoms with E-state index in [0.29, 0.717) is 0 Å². The number of unbranched alkanes of at least 4 members (excludes halogenated alkanes) is 4. The Morgan fingerprint density at radius 2 is 1.82 bits per heavy atom. The van der Waals surface area contributed by atoms with Crippen molar-refractivity contribution in [1.29, 1.82) is 0 Å². The fourth-order valence-electron chi connectivity index (χ4n) is 1.60. The molecule has 2 heteroatoms. The molecule has 1 atom stereocenters. The summed E-state index contributed by atoms with van der Waals surface area (Å²) in [7, 11) is -0.979. The highest BCUT2D eigenvalue weighted by Gasteiger charge is 1.97. The molecule has 94 valence electrons. The van der Waals surface area contributed by atoms with E-state index in [0.717, 1.165) is 11.3 Å². The Balaban J connectivity index is 2.33. The zero-order valence-corrected chi connectivity index (χ0v) is 11.6. The molecule has 0 amide bonds. The van der Waals surface area contributed by atoms with Gasteiger partial charge < -0.3 is 0 Å². The topological polar surface area (TPSA) is 17.1 Å². The highest BCUT2D eigenvalue weighted by atomic mass is 32.2. The van der Waals surface area contributed by atoms with Crippen molar-refractivity contribution in [1.82, 2.24) is 0 Å². The maximum Gasteiger partial charge on any atom is 0.0772 e. The lowest BCUT2D eigenvalue weighted by molar-refractivity contribution is 0.674. The van der Waals surface area contributed by atoms with Crippen LogP contribution >= 0.6 is 0 Å². The van der Waals surface area contributed by atoms with Crippen molar-refractivity contribution in [2.75, 3.05) is 0 Å². The number of rotatable bonds is 7. The maximum absolute atomic E-state index is 11.9. The van der Waals surface area contributed by atoms with Gasteiger partial charge in [-0.2, -0.15) is 0 Å². The van der Waals surface area contributed by atoms with E-state index < -0.39 is 10.8 Å². The molecule has 0 saturated heterocycles.